The Hall–Kier alpha value is -1.87. The number of carbonyl (C=O) groups excluding carboxylic acids is 1. The Bertz CT molecular complexity index is 692. The van der Waals surface area contributed by atoms with Crippen LogP contribution in [0.2, 0.25) is 0 Å². The highest BCUT2D eigenvalue weighted by molar-refractivity contribution is 7.21. The van der Waals surface area contributed by atoms with Crippen molar-refractivity contribution in [2.75, 3.05) is 7.11 Å². The van der Waals surface area contributed by atoms with Crippen molar-refractivity contribution in [1.82, 2.24) is 0 Å². The van der Waals surface area contributed by atoms with Crippen LogP contribution in [0.1, 0.15) is 34.1 Å². The molecule has 0 aliphatic heterocycles. The highest BCUT2D eigenvalue weighted by Gasteiger charge is 2.17. The van der Waals surface area contributed by atoms with Crippen LogP contribution in [-0.2, 0) is 4.74 Å². The lowest BCUT2D eigenvalue weighted by atomic mass is 10.0. The van der Waals surface area contributed by atoms with E-state index in [-0.39, 0.29) is 5.97 Å². The van der Waals surface area contributed by atoms with Crippen molar-refractivity contribution in [2.24, 2.45) is 0 Å². The number of fused-ring (bicyclic) bond motifs is 1. The van der Waals surface area contributed by atoms with Gasteiger partial charge in [-0.1, -0.05) is 43.9 Å². The van der Waals surface area contributed by atoms with E-state index in [4.69, 9.17) is 4.74 Å². The zero-order valence-corrected chi connectivity index (χ0v) is 12.8. The van der Waals surface area contributed by atoms with Gasteiger partial charge in [-0.2, -0.15) is 0 Å². The molecule has 0 N–H and O–H groups in total. The number of hydrogen-bond donors (Lipinski definition) is 0. The van der Waals surface area contributed by atoms with Crippen molar-refractivity contribution in [3.05, 3.63) is 52.9 Å². The van der Waals surface area contributed by atoms with Crippen LogP contribution in [0.3, 0.4) is 0 Å². The van der Waals surface area contributed by atoms with Crippen molar-refractivity contribution in [2.45, 2.75) is 20.3 Å². The van der Waals surface area contributed by atoms with E-state index in [1.54, 1.807) is 0 Å². The molecular formula is C17H18O2S. The summed E-state index contributed by atoms with van der Waals surface area (Å²) in [4.78, 5) is 12.5. The van der Waals surface area contributed by atoms with Gasteiger partial charge in [-0.3, -0.25) is 0 Å². The minimum Gasteiger partial charge on any atom is -0.465 e. The van der Waals surface area contributed by atoms with Crippen LogP contribution in [-0.4, -0.2) is 13.1 Å². The molecule has 0 aliphatic rings. The van der Waals surface area contributed by atoms with Gasteiger partial charge in [0.15, 0.2) is 0 Å². The summed E-state index contributed by atoms with van der Waals surface area (Å²) in [5, 5.41) is 1.11. The maximum absolute atomic E-state index is 11.8. The van der Waals surface area contributed by atoms with Crippen LogP contribution in [0.15, 0.2) is 36.9 Å². The largest absolute Gasteiger partial charge is 0.465 e. The molecular weight excluding hydrogens is 268 g/mol. The Morgan fingerprint density at radius 3 is 2.80 bits per heavy atom. The summed E-state index contributed by atoms with van der Waals surface area (Å²) in [6.45, 7) is 7.95. The highest BCUT2D eigenvalue weighted by atomic mass is 32.1. The van der Waals surface area contributed by atoms with Gasteiger partial charge >= 0.3 is 5.97 Å². The Balaban J connectivity index is 2.73. The van der Waals surface area contributed by atoms with Gasteiger partial charge in [0.05, 0.1) is 7.11 Å². The van der Waals surface area contributed by atoms with Crippen LogP contribution in [0, 0.1) is 6.92 Å². The average Bonchev–Trinajstić information content (AvgIpc) is 2.81. The first-order valence-corrected chi connectivity index (χ1v) is 7.39. The van der Waals surface area contributed by atoms with E-state index >= 15 is 0 Å². The van der Waals surface area contributed by atoms with Crippen LogP contribution in [0.4, 0.5) is 0 Å². The molecule has 0 spiro atoms. The van der Waals surface area contributed by atoms with Gasteiger partial charge in [-0.25, -0.2) is 4.79 Å². The fraction of sp³-hybridized carbons (Fsp3) is 0.235. The molecule has 0 radical (unpaired) electrons. The van der Waals surface area contributed by atoms with E-state index in [1.807, 2.05) is 25.1 Å². The molecule has 1 aromatic heterocycles. The lowest BCUT2D eigenvalue weighted by molar-refractivity contribution is 0.0605. The number of ether oxygens (including phenoxy) is 1. The summed E-state index contributed by atoms with van der Waals surface area (Å²) in [7, 11) is 1.42. The zero-order valence-electron chi connectivity index (χ0n) is 12.0. The van der Waals surface area contributed by atoms with Crippen LogP contribution >= 0.6 is 11.3 Å². The number of methoxy groups -OCH3 is 1. The summed E-state index contributed by atoms with van der Waals surface area (Å²) in [6.07, 6.45) is 4.96. The molecule has 20 heavy (non-hydrogen) atoms. The maximum Gasteiger partial charge on any atom is 0.348 e. The van der Waals surface area contributed by atoms with Crippen LogP contribution in [0.25, 0.3) is 15.7 Å². The zero-order chi connectivity index (χ0) is 14.7. The Labute approximate surface area is 123 Å². The van der Waals surface area contributed by atoms with Gasteiger partial charge in [0.25, 0.3) is 0 Å². The summed E-state index contributed by atoms with van der Waals surface area (Å²) in [5.41, 5.74) is 3.22. The normalized spacial score (nSPS) is 11.7. The van der Waals surface area contributed by atoms with Crippen molar-refractivity contribution < 1.29 is 9.53 Å². The number of thiophene rings is 1. The minimum absolute atomic E-state index is 0.269. The van der Waals surface area contributed by atoms with Gasteiger partial charge < -0.3 is 4.74 Å². The first-order chi connectivity index (χ1) is 9.63. The lowest BCUT2D eigenvalue weighted by Gasteiger charge is -2.04. The third-order valence-corrected chi connectivity index (χ3v) is 4.61. The Morgan fingerprint density at radius 1 is 1.45 bits per heavy atom. The molecule has 2 aromatic rings. The van der Waals surface area contributed by atoms with Gasteiger partial charge in [0, 0.05) is 4.70 Å². The molecule has 104 valence electrons. The van der Waals surface area contributed by atoms with Gasteiger partial charge in [0.1, 0.15) is 4.88 Å². The molecule has 1 aromatic carbocycles. The summed E-state index contributed by atoms with van der Waals surface area (Å²) in [6, 6.07) is 6.14. The third kappa shape index (κ3) is 2.41. The molecule has 0 aliphatic carbocycles. The molecule has 0 fully saturated rings. The second kappa shape index (κ2) is 6.06. The number of carbonyl (C=O) groups is 1. The first-order valence-electron chi connectivity index (χ1n) is 6.57. The molecule has 1 heterocycles. The Kier molecular flexibility index (Phi) is 4.40. The van der Waals surface area contributed by atoms with E-state index in [9.17, 15) is 4.79 Å². The fourth-order valence-corrected chi connectivity index (χ4v) is 3.54. The predicted molar refractivity (Wildman–Crippen MR) is 86.4 cm³/mol. The molecule has 0 unspecified atom stereocenters. The van der Waals surface area contributed by atoms with Crippen LogP contribution < -0.4 is 0 Å². The number of hydrogen-bond acceptors (Lipinski definition) is 3. The van der Waals surface area contributed by atoms with E-state index < -0.39 is 0 Å². The minimum atomic E-state index is -0.269. The molecule has 0 amide bonds. The summed E-state index contributed by atoms with van der Waals surface area (Å²) >= 11 is 1.49. The van der Waals surface area contributed by atoms with E-state index in [0.717, 1.165) is 33.2 Å². The van der Waals surface area contributed by atoms with Crippen molar-refractivity contribution in [3.63, 3.8) is 0 Å². The number of aryl methyl sites for hydroxylation is 1. The van der Waals surface area contributed by atoms with Gasteiger partial charge in [0.2, 0.25) is 0 Å². The molecule has 2 nitrogen and oxygen atoms in total. The van der Waals surface area contributed by atoms with E-state index in [2.05, 4.69) is 25.6 Å². The molecule has 0 bridgehead atoms. The number of allylic oxidation sites excluding steroid dienone is 3. The van der Waals surface area contributed by atoms with E-state index in [0.29, 0.717) is 4.88 Å². The van der Waals surface area contributed by atoms with Gasteiger partial charge in [-0.15, -0.1) is 11.3 Å². The fourth-order valence-electron chi connectivity index (χ4n) is 2.28. The van der Waals surface area contributed by atoms with Crippen molar-refractivity contribution in [1.29, 1.82) is 0 Å². The van der Waals surface area contributed by atoms with E-state index in [1.165, 1.54) is 18.4 Å². The average molecular weight is 286 g/mol. The lowest BCUT2D eigenvalue weighted by Crippen LogP contribution is -1.99. The monoisotopic (exact) mass is 286 g/mol. The number of esters is 1. The molecule has 0 atom stereocenters. The number of benzene rings is 1. The molecule has 0 saturated carbocycles. The molecule has 0 saturated heterocycles. The van der Waals surface area contributed by atoms with Crippen molar-refractivity contribution in [3.8, 4) is 0 Å². The molecule has 3 heteroatoms. The van der Waals surface area contributed by atoms with Gasteiger partial charge in [-0.05, 0) is 35.4 Å². The Morgan fingerprint density at radius 2 is 2.20 bits per heavy atom. The topological polar surface area (TPSA) is 26.3 Å². The number of rotatable bonds is 4. The summed E-state index contributed by atoms with van der Waals surface area (Å²) in [5.74, 6) is -0.269. The first kappa shape index (κ1) is 14.5. The second-order valence-corrected chi connectivity index (χ2v) is 5.52. The molecule has 2 rings (SSSR count). The summed E-state index contributed by atoms with van der Waals surface area (Å²) < 4.78 is 5.97. The predicted octanol–water partition coefficient (Wildman–Crippen LogP) is 4.98. The third-order valence-electron chi connectivity index (χ3n) is 3.29. The standard InChI is InChI=1S/C17H18O2S/c1-5-8-12(6-2)14-10-7-9-13-11(3)15(17(18)19-4)20-16(13)14/h6-10H,2,5H2,1,3-4H3. The quantitative estimate of drug-likeness (QED) is 0.585. The van der Waals surface area contributed by atoms with Crippen LogP contribution in [0.5, 0.6) is 0 Å². The van der Waals surface area contributed by atoms with Crippen molar-refractivity contribution >= 4 is 33.0 Å². The SMILES string of the molecule is C=CC(=CCC)c1cccc2c(C)c(C(=O)OC)sc12. The maximum atomic E-state index is 11.8. The smallest absolute Gasteiger partial charge is 0.348 e. The second-order valence-electron chi connectivity index (χ2n) is 4.50. The highest BCUT2D eigenvalue weighted by Crippen LogP contribution is 2.36.